The van der Waals surface area contributed by atoms with E-state index >= 15 is 0 Å². The van der Waals surface area contributed by atoms with Crippen LogP contribution in [0.5, 0.6) is 0 Å². The maximum absolute atomic E-state index is 13.6. The van der Waals surface area contributed by atoms with Crippen molar-refractivity contribution in [3.05, 3.63) is 83.9 Å². The first-order valence-corrected chi connectivity index (χ1v) is 10.2. The zero-order valence-electron chi connectivity index (χ0n) is 13.1. The molecule has 2 unspecified atom stereocenters. The number of fused-ring (bicyclic) bond motifs is 2. The average molecular weight is 318 g/mol. The van der Waals surface area contributed by atoms with E-state index in [2.05, 4.69) is 60.7 Å². The summed E-state index contributed by atoms with van der Waals surface area (Å²) >= 11 is 0. The van der Waals surface area contributed by atoms with Crippen LogP contribution in [-0.2, 0) is 11.0 Å². The second-order valence-corrected chi connectivity index (χ2v) is 9.51. The van der Waals surface area contributed by atoms with Crippen LogP contribution in [0.1, 0.15) is 11.1 Å². The Morgan fingerprint density at radius 2 is 1.65 bits per heavy atom. The standard InChI is InChI=1S/C21H19OP/c1-23(22,20-12-10-16-6-2-4-8-18(16)14-20)21-13-11-17-7-3-5-9-19(17)15-21/h2-14,21H,15H2,1H3. The second kappa shape index (κ2) is 5.51. The fourth-order valence-electron chi connectivity index (χ4n) is 3.37. The van der Waals surface area contributed by atoms with Crippen LogP contribution in [-0.4, -0.2) is 12.3 Å². The minimum atomic E-state index is -2.47. The zero-order chi connectivity index (χ0) is 15.9. The number of hydrogen-bond acceptors (Lipinski definition) is 1. The summed E-state index contributed by atoms with van der Waals surface area (Å²) in [6.07, 6.45) is 5.12. The highest BCUT2D eigenvalue weighted by atomic mass is 31.2. The van der Waals surface area contributed by atoms with Crippen LogP contribution in [0.4, 0.5) is 0 Å². The molecule has 0 N–H and O–H groups in total. The van der Waals surface area contributed by atoms with Crippen molar-refractivity contribution in [2.24, 2.45) is 0 Å². The van der Waals surface area contributed by atoms with Crippen LogP contribution < -0.4 is 5.30 Å². The Morgan fingerprint density at radius 3 is 2.52 bits per heavy atom. The molecule has 0 aromatic heterocycles. The third-order valence-electron chi connectivity index (χ3n) is 4.86. The van der Waals surface area contributed by atoms with Crippen molar-refractivity contribution in [3.8, 4) is 0 Å². The molecule has 0 saturated heterocycles. The maximum Gasteiger partial charge on any atom is 0.119 e. The number of rotatable bonds is 2. The van der Waals surface area contributed by atoms with Gasteiger partial charge in [-0.3, -0.25) is 0 Å². The number of allylic oxidation sites excluding steroid dienone is 1. The molecule has 1 aliphatic carbocycles. The summed E-state index contributed by atoms with van der Waals surface area (Å²) in [6.45, 7) is 1.93. The molecule has 1 nitrogen and oxygen atoms in total. The summed E-state index contributed by atoms with van der Waals surface area (Å²) in [5.41, 5.74) is 2.63. The number of hydrogen-bond donors (Lipinski definition) is 0. The van der Waals surface area contributed by atoms with Gasteiger partial charge in [0.05, 0.1) is 0 Å². The molecule has 0 saturated carbocycles. The van der Waals surface area contributed by atoms with E-state index in [4.69, 9.17) is 0 Å². The van der Waals surface area contributed by atoms with Crippen molar-refractivity contribution >= 4 is 29.3 Å². The van der Waals surface area contributed by atoms with Crippen molar-refractivity contribution in [3.63, 3.8) is 0 Å². The molecule has 0 amide bonds. The van der Waals surface area contributed by atoms with Crippen LogP contribution in [0.3, 0.4) is 0 Å². The number of benzene rings is 3. The highest BCUT2D eigenvalue weighted by Crippen LogP contribution is 2.49. The smallest absolute Gasteiger partial charge is 0.119 e. The molecule has 2 heteroatoms. The SMILES string of the molecule is CP(=O)(c1ccc2ccccc2c1)C1C=Cc2ccccc2C1. The van der Waals surface area contributed by atoms with Crippen molar-refractivity contribution < 1.29 is 4.57 Å². The first-order chi connectivity index (χ1) is 11.1. The Hall–Kier alpha value is -2.11. The molecule has 2 atom stereocenters. The van der Waals surface area contributed by atoms with Gasteiger partial charge in [-0.2, -0.15) is 0 Å². The quantitative estimate of drug-likeness (QED) is 0.601. The van der Waals surface area contributed by atoms with Gasteiger partial charge in [0, 0.05) is 11.0 Å². The summed E-state index contributed by atoms with van der Waals surface area (Å²) in [4.78, 5) is 0. The van der Waals surface area contributed by atoms with E-state index in [0.29, 0.717) is 0 Å². The van der Waals surface area contributed by atoms with Gasteiger partial charge in [0.25, 0.3) is 0 Å². The summed E-state index contributed by atoms with van der Waals surface area (Å²) in [6, 6.07) is 22.9. The van der Waals surface area contributed by atoms with Crippen molar-refractivity contribution in [1.82, 2.24) is 0 Å². The van der Waals surface area contributed by atoms with Gasteiger partial charge >= 0.3 is 0 Å². The fraction of sp³-hybridized carbons (Fsp3) is 0.143. The van der Waals surface area contributed by atoms with Gasteiger partial charge in [0.1, 0.15) is 7.14 Å². The van der Waals surface area contributed by atoms with Crippen molar-refractivity contribution in [2.75, 3.05) is 6.66 Å². The predicted octanol–water partition coefficient (Wildman–Crippen LogP) is 5.10. The molecule has 0 aliphatic heterocycles. The fourth-order valence-corrected chi connectivity index (χ4v) is 5.48. The maximum atomic E-state index is 13.6. The Labute approximate surface area is 137 Å². The molecular formula is C21H19OP. The topological polar surface area (TPSA) is 17.1 Å². The molecule has 3 aromatic carbocycles. The van der Waals surface area contributed by atoms with Gasteiger partial charge in [0.2, 0.25) is 0 Å². The van der Waals surface area contributed by atoms with Gasteiger partial charge in [-0.1, -0.05) is 72.8 Å². The Bertz CT molecular complexity index is 955. The molecule has 23 heavy (non-hydrogen) atoms. The van der Waals surface area contributed by atoms with Crippen LogP contribution >= 0.6 is 7.14 Å². The lowest BCUT2D eigenvalue weighted by molar-refractivity contribution is 0.579. The summed E-state index contributed by atoms with van der Waals surface area (Å²) in [5.74, 6) is 0. The normalized spacial score (nSPS) is 19.3. The van der Waals surface area contributed by atoms with Gasteiger partial charge in [-0.15, -0.1) is 0 Å². The van der Waals surface area contributed by atoms with E-state index in [1.165, 1.54) is 16.5 Å². The second-order valence-electron chi connectivity index (χ2n) is 6.35. The molecule has 0 heterocycles. The van der Waals surface area contributed by atoms with E-state index in [1.54, 1.807) is 0 Å². The lowest BCUT2D eigenvalue weighted by Gasteiger charge is -2.26. The third-order valence-corrected chi connectivity index (χ3v) is 7.78. The molecule has 0 bridgehead atoms. The molecule has 4 rings (SSSR count). The van der Waals surface area contributed by atoms with Crippen LogP contribution in [0, 0.1) is 0 Å². The monoisotopic (exact) mass is 318 g/mol. The lowest BCUT2D eigenvalue weighted by atomic mass is 9.97. The molecular weight excluding hydrogens is 299 g/mol. The highest BCUT2D eigenvalue weighted by Gasteiger charge is 2.30. The van der Waals surface area contributed by atoms with E-state index < -0.39 is 7.14 Å². The first kappa shape index (κ1) is 14.5. The summed E-state index contributed by atoms with van der Waals surface area (Å²) in [5, 5.41) is 3.33. The molecule has 0 radical (unpaired) electrons. The average Bonchev–Trinajstić information content (AvgIpc) is 2.61. The van der Waals surface area contributed by atoms with Gasteiger partial charge in [0.15, 0.2) is 0 Å². The van der Waals surface area contributed by atoms with Gasteiger partial charge in [-0.05, 0) is 41.1 Å². The third kappa shape index (κ3) is 2.56. The van der Waals surface area contributed by atoms with E-state index in [0.717, 1.165) is 17.1 Å². The van der Waals surface area contributed by atoms with Crippen molar-refractivity contribution in [2.45, 2.75) is 12.1 Å². The highest BCUT2D eigenvalue weighted by molar-refractivity contribution is 7.71. The van der Waals surface area contributed by atoms with E-state index in [-0.39, 0.29) is 5.66 Å². The molecule has 0 fully saturated rings. The Morgan fingerprint density at radius 1 is 0.913 bits per heavy atom. The lowest BCUT2D eigenvalue weighted by Crippen LogP contribution is -2.19. The first-order valence-electron chi connectivity index (χ1n) is 7.97. The van der Waals surface area contributed by atoms with Gasteiger partial charge in [-0.25, -0.2) is 0 Å². The largest absolute Gasteiger partial charge is 0.318 e. The van der Waals surface area contributed by atoms with Crippen molar-refractivity contribution in [1.29, 1.82) is 0 Å². The minimum absolute atomic E-state index is 0.0820. The van der Waals surface area contributed by atoms with Crippen LogP contribution in [0.15, 0.2) is 72.8 Å². The molecule has 1 aliphatic rings. The van der Waals surface area contributed by atoms with Crippen LogP contribution in [0.2, 0.25) is 0 Å². The Kier molecular flexibility index (Phi) is 3.47. The molecule has 3 aromatic rings. The molecule has 114 valence electrons. The molecule has 0 spiro atoms. The summed E-state index contributed by atoms with van der Waals surface area (Å²) in [7, 11) is -2.47. The van der Waals surface area contributed by atoms with E-state index in [9.17, 15) is 4.57 Å². The summed E-state index contributed by atoms with van der Waals surface area (Å²) < 4.78 is 13.6. The zero-order valence-corrected chi connectivity index (χ0v) is 14.0. The minimum Gasteiger partial charge on any atom is -0.318 e. The predicted molar refractivity (Wildman–Crippen MR) is 100 cm³/mol. The van der Waals surface area contributed by atoms with E-state index in [1.807, 2.05) is 24.9 Å². The Balaban J connectivity index is 1.74. The van der Waals surface area contributed by atoms with Crippen LogP contribution in [0.25, 0.3) is 16.8 Å². The van der Waals surface area contributed by atoms with Gasteiger partial charge < -0.3 is 4.57 Å².